The Kier molecular flexibility index (Phi) is 4.77. The quantitative estimate of drug-likeness (QED) is 0.716. The van der Waals surface area contributed by atoms with Gasteiger partial charge in [-0.25, -0.2) is 13.4 Å². The van der Waals surface area contributed by atoms with E-state index < -0.39 is 16.1 Å². The highest BCUT2D eigenvalue weighted by atomic mass is 32.2. The molecule has 1 fully saturated rings. The number of H-pyrrole nitrogens is 1. The van der Waals surface area contributed by atoms with Gasteiger partial charge in [0.1, 0.15) is 11.9 Å². The van der Waals surface area contributed by atoms with Crippen LogP contribution in [0, 0.1) is 0 Å². The first kappa shape index (κ1) is 15.0. The lowest BCUT2D eigenvalue weighted by atomic mass is 10.2. The largest absolute Gasteiger partial charge is 0.355 e. The average molecular weight is 300 g/mol. The van der Waals surface area contributed by atoms with Gasteiger partial charge in [0.2, 0.25) is 15.9 Å². The zero-order chi connectivity index (χ0) is 14.6. The number of aryl methyl sites for hydroxylation is 1. The first-order chi connectivity index (χ1) is 9.48. The smallest absolute Gasteiger partial charge is 0.238 e. The molecule has 2 heterocycles. The molecule has 20 heavy (non-hydrogen) atoms. The number of imidazole rings is 1. The number of aromatic nitrogens is 2. The second-order valence-electron chi connectivity index (χ2n) is 4.96. The highest BCUT2D eigenvalue weighted by Crippen LogP contribution is 2.20. The van der Waals surface area contributed by atoms with E-state index in [4.69, 9.17) is 0 Å². The number of amides is 1. The lowest BCUT2D eigenvalue weighted by Crippen LogP contribution is -2.45. The van der Waals surface area contributed by atoms with Crippen molar-refractivity contribution >= 4 is 15.9 Å². The van der Waals surface area contributed by atoms with E-state index in [-0.39, 0.29) is 5.91 Å². The third-order valence-electron chi connectivity index (χ3n) is 3.38. The van der Waals surface area contributed by atoms with Crippen LogP contribution in [0.5, 0.6) is 0 Å². The lowest BCUT2D eigenvalue weighted by molar-refractivity contribution is -0.124. The lowest BCUT2D eigenvalue weighted by Gasteiger charge is -2.21. The number of nitrogens with zero attached hydrogens (tertiary/aromatic N) is 2. The highest BCUT2D eigenvalue weighted by molar-refractivity contribution is 7.88. The van der Waals surface area contributed by atoms with E-state index >= 15 is 0 Å². The maximum absolute atomic E-state index is 12.0. The molecule has 0 spiro atoms. The number of sulfonamides is 1. The number of hydrogen-bond donors (Lipinski definition) is 2. The van der Waals surface area contributed by atoms with Crippen molar-refractivity contribution in [2.75, 3.05) is 19.3 Å². The number of carbonyl (C=O) groups excluding carboxylic acids is 1. The fourth-order valence-electron chi connectivity index (χ4n) is 2.42. The summed E-state index contributed by atoms with van der Waals surface area (Å²) in [6.07, 6.45) is 7.45. The Morgan fingerprint density at radius 1 is 1.60 bits per heavy atom. The SMILES string of the molecule is CS(=O)(=O)N1CCCC1C(=O)NCCCc1ncc[nH]1. The van der Waals surface area contributed by atoms with Gasteiger partial charge < -0.3 is 10.3 Å². The number of carbonyl (C=O) groups is 1. The summed E-state index contributed by atoms with van der Waals surface area (Å²) in [4.78, 5) is 19.1. The van der Waals surface area contributed by atoms with Gasteiger partial charge in [0.05, 0.1) is 6.26 Å². The Labute approximate surface area is 118 Å². The summed E-state index contributed by atoms with van der Waals surface area (Å²) in [5.41, 5.74) is 0. The molecule has 0 aromatic carbocycles. The van der Waals surface area contributed by atoms with Crippen LogP contribution in [0.2, 0.25) is 0 Å². The fourth-order valence-corrected chi connectivity index (χ4v) is 3.54. The van der Waals surface area contributed by atoms with Gasteiger partial charge in [-0.05, 0) is 19.3 Å². The summed E-state index contributed by atoms with van der Waals surface area (Å²) < 4.78 is 24.4. The first-order valence-electron chi connectivity index (χ1n) is 6.71. The Balaban J connectivity index is 1.77. The molecule has 1 aromatic heterocycles. The highest BCUT2D eigenvalue weighted by Gasteiger charge is 2.36. The fraction of sp³-hybridized carbons (Fsp3) is 0.667. The summed E-state index contributed by atoms with van der Waals surface area (Å²) >= 11 is 0. The van der Waals surface area contributed by atoms with Crippen LogP contribution >= 0.6 is 0 Å². The van der Waals surface area contributed by atoms with Crippen LogP contribution in [-0.4, -0.2) is 54.0 Å². The molecular weight excluding hydrogens is 280 g/mol. The molecule has 0 saturated carbocycles. The third-order valence-corrected chi connectivity index (χ3v) is 4.67. The average Bonchev–Trinajstić information content (AvgIpc) is 3.03. The molecule has 0 bridgehead atoms. The van der Waals surface area contributed by atoms with Crippen molar-refractivity contribution in [3.63, 3.8) is 0 Å². The number of aromatic amines is 1. The minimum Gasteiger partial charge on any atom is -0.355 e. The molecule has 112 valence electrons. The van der Waals surface area contributed by atoms with Gasteiger partial charge in [0, 0.05) is 31.9 Å². The van der Waals surface area contributed by atoms with E-state index in [1.807, 2.05) is 0 Å². The Morgan fingerprint density at radius 2 is 2.40 bits per heavy atom. The monoisotopic (exact) mass is 300 g/mol. The van der Waals surface area contributed by atoms with Crippen molar-refractivity contribution in [1.82, 2.24) is 19.6 Å². The molecule has 7 nitrogen and oxygen atoms in total. The third kappa shape index (κ3) is 3.80. The van der Waals surface area contributed by atoms with Crippen LogP contribution in [0.3, 0.4) is 0 Å². The zero-order valence-electron chi connectivity index (χ0n) is 11.5. The predicted octanol–water partition coefficient (Wildman–Crippen LogP) is -0.117. The van der Waals surface area contributed by atoms with Crippen molar-refractivity contribution in [1.29, 1.82) is 0 Å². The maximum Gasteiger partial charge on any atom is 0.238 e. The minimum atomic E-state index is -3.31. The van der Waals surface area contributed by atoms with Crippen LogP contribution in [0.4, 0.5) is 0 Å². The molecule has 1 unspecified atom stereocenters. The molecule has 1 aliphatic heterocycles. The van der Waals surface area contributed by atoms with Crippen molar-refractivity contribution in [2.45, 2.75) is 31.7 Å². The standard InChI is InChI=1S/C12H20N4O3S/c1-20(18,19)16-9-3-4-10(16)12(17)15-6-2-5-11-13-7-8-14-11/h7-8,10H,2-6,9H2,1H3,(H,13,14)(H,15,17). The van der Waals surface area contributed by atoms with Gasteiger partial charge >= 0.3 is 0 Å². The molecule has 1 aliphatic rings. The first-order valence-corrected chi connectivity index (χ1v) is 8.56. The van der Waals surface area contributed by atoms with Gasteiger partial charge in [-0.3, -0.25) is 4.79 Å². The van der Waals surface area contributed by atoms with Crippen LogP contribution in [0.1, 0.15) is 25.1 Å². The van der Waals surface area contributed by atoms with Crippen LogP contribution in [-0.2, 0) is 21.2 Å². The van der Waals surface area contributed by atoms with Crippen molar-refractivity contribution in [3.8, 4) is 0 Å². The van der Waals surface area contributed by atoms with E-state index in [0.717, 1.165) is 31.3 Å². The normalized spacial score (nSPS) is 20.1. The predicted molar refractivity (Wildman–Crippen MR) is 74.5 cm³/mol. The van der Waals surface area contributed by atoms with E-state index in [0.29, 0.717) is 19.5 Å². The van der Waals surface area contributed by atoms with Gasteiger partial charge in [0.15, 0.2) is 0 Å². The molecule has 1 aromatic rings. The summed E-state index contributed by atoms with van der Waals surface area (Å²) in [5.74, 6) is 0.685. The van der Waals surface area contributed by atoms with Gasteiger partial charge in [0.25, 0.3) is 0 Å². The van der Waals surface area contributed by atoms with Crippen molar-refractivity contribution < 1.29 is 13.2 Å². The topological polar surface area (TPSA) is 95.2 Å². The van der Waals surface area contributed by atoms with Crippen LogP contribution in [0.25, 0.3) is 0 Å². The minimum absolute atomic E-state index is 0.202. The van der Waals surface area contributed by atoms with Gasteiger partial charge in [-0.1, -0.05) is 0 Å². The van der Waals surface area contributed by atoms with E-state index in [1.54, 1.807) is 12.4 Å². The van der Waals surface area contributed by atoms with Gasteiger partial charge in [-0.15, -0.1) is 0 Å². The molecule has 2 N–H and O–H groups in total. The van der Waals surface area contributed by atoms with E-state index in [1.165, 1.54) is 4.31 Å². The Hall–Kier alpha value is -1.41. The summed E-state index contributed by atoms with van der Waals surface area (Å²) in [6.45, 7) is 0.955. The molecule has 0 aliphatic carbocycles. The van der Waals surface area contributed by atoms with E-state index in [2.05, 4.69) is 15.3 Å². The second kappa shape index (κ2) is 6.36. The molecule has 1 saturated heterocycles. The van der Waals surface area contributed by atoms with E-state index in [9.17, 15) is 13.2 Å². The molecule has 8 heteroatoms. The summed E-state index contributed by atoms with van der Waals surface area (Å²) in [5, 5.41) is 2.80. The van der Waals surface area contributed by atoms with Crippen LogP contribution < -0.4 is 5.32 Å². The molecule has 2 rings (SSSR count). The molecule has 1 amide bonds. The molecule has 1 atom stereocenters. The zero-order valence-corrected chi connectivity index (χ0v) is 12.3. The number of nitrogens with one attached hydrogen (secondary N) is 2. The number of rotatable bonds is 6. The molecular formula is C12H20N4O3S. The second-order valence-corrected chi connectivity index (χ2v) is 6.90. The summed E-state index contributed by atoms with van der Waals surface area (Å²) in [7, 11) is -3.31. The van der Waals surface area contributed by atoms with Crippen LogP contribution in [0.15, 0.2) is 12.4 Å². The number of hydrogen-bond acceptors (Lipinski definition) is 4. The van der Waals surface area contributed by atoms with Crippen molar-refractivity contribution in [3.05, 3.63) is 18.2 Å². The Bertz CT molecular complexity index is 541. The van der Waals surface area contributed by atoms with Gasteiger partial charge in [-0.2, -0.15) is 4.31 Å². The van der Waals surface area contributed by atoms with Crippen molar-refractivity contribution in [2.24, 2.45) is 0 Å². The Morgan fingerprint density at radius 3 is 3.05 bits per heavy atom. The molecule has 0 radical (unpaired) electrons. The maximum atomic E-state index is 12.0. The summed E-state index contributed by atoms with van der Waals surface area (Å²) in [6, 6.07) is -0.548.